The van der Waals surface area contributed by atoms with E-state index in [1.807, 2.05) is 57.5 Å². The van der Waals surface area contributed by atoms with E-state index in [0.29, 0.717) is 11.6 Å². The summed E-state index contributed by atoms with van der Waals surface area (Å²) >= 11 is 7.42. The molecule has 0 atom stereocenters. The van der Waals surface area contributed by atoms with Crippen molar-refractivity contribution in [2.75, 3.05) is 0 Å². The highest BCUT2D eigenvalue weighted by Gasteiger charge is 2.22. The molecule has 512 valence electrons. The molecule has 16 aromatic carbocycles. The Morgan fingerprint density at radius 3 is 1.04 bits per heavy atom. The first-order chi connectivity index (χ1) is 54.4. The van der Waals surface area contributed by atoms with Crippen molar-refractivity contribution in [2.24, 2.45) is 0 Å². The maximum atomic E-state index is 5.51. The first-order valence-corrected chi connectivity index (χ1v) is 40.3. The monoisotopic (exact) mass is 1470 g/mol. The standard InChI is InChI=1S/C102H60N4S4/c1-4-16-61(17-5-1)63-28-31-64(32-29-63)89-59-90(104-101(103-89)65-19-6-2-7-20-65)76-37-43-77(83(56-76)74-41-49-96-86(55-74)80-25-13-15-27-94(80)108-96)72-39-47-97-87(53-72)81-44-35-70(57-99(81)109-97)71-36-45-82-88-54-73(40-48-98(88)110-100(82)58-71)78-42-34-68(69-38-46-95-85(52-69)79-24-12-14-26-93(79)107-95)51-84(78)92-60-91(105-102(106-92)66-21-8-3-9-22-66)75-33-30-62-18-10-11-23-67(62)50-75/h1-60H. The van der Waals surface area contributed by atoms with E-state index in [9.17, 15) is 0 Å². The number of fused-ring (bicyclic) bond motifs is 13. The van der Waals surface area contributed by atoms with E-state index < -0.39 is 0 Å². The number of hydrogen-bond donors (Lipinski definition) is 0. The highest BCUT2D eigenvalue weighted by Crippen LogP contribution is 2.48. The lowest BCUT2D eigenvalue weighted by atomic mass is 9.90. The number of nitrogens with zero attached hydrogens (tertiary/aromatic N) is 4. The fraction of sp³-hybridized carbons (Fsp3) is 0. The third-order valence-electron chi connectivity index (χ3n) is 21.8. The average Bonchev–Trinajstić information content (AvgIpc) is 1.24. The predicted molar refractivity (Wildman–Crippen MR) is 472 cm³/mol. The molecule has 6 heterocycles. The lowest BCUT2D eigenvalue weighted by Crippen LogP contribution is -1.97. The highest BCUT2D eigenvalue weighted by atomic mass is 32.1. The lowest BCUT2D eigenvalue weighted by molar-refractivity contribution is 1.18. The van der Waals surface area contributed by atoms with Crippen molar-refractivity contribution < 1.29 is 0 Å². The summed E-state index contributed by atoms with van der Waals surface area (Å²) in [6.07, 6.45) is 0. The van der Waals surface area contributed by atoms with Crippen molar-refractivity contribution in [3.05, 3.63) is 364 Å². The number of hydrogen-bond acceptors (Lipinski definition) is 8. The summed E-state index contributed by atoms with van der Waals surface area (Å²) in [5.74, 6) is 1.37. The molecular weight excluding hydrogens is 1410 g/mol. The van der Waals surface area contributed by atoms with Crippen LogP contribution >= 0.6 is 45.3 Å². The van der Waals surface area contributed by atoms with Crippen LogP contribution in [-0.2, 0) is 0 Å². The smallest absolute Gasteiger partial charge is 0.160 e. The van der Waals surface area contributed by atoms with Gasteiger partial charge in [-0.15, -0.1) is 45.3 Å². The van der Waals surface area contributed by atoms with Gasteiger partial charge in [0.1, 0.15) is 0 Å². The largest absolute Gasteiger partial charge is 0.228 e. The normalized spacial score (nSPS) is 11.8. The number of aromatic nitrogens is 4. The molecule has 0 N–H and O–H groups in total. The van der Waals surface area contributed by atoms with Gasteiger partial charge in [-0.2, -0.15) is 0 Å². The van der Waals surface area contributed by atoms with Crippen molar-refractivity contribution in [1.82, 2.24) is 19.9 Å². The molecule has 22 rings (SSSR count). The second kappa shape index (κ2) is 26.3. The number of benzene rings is 16. The fourth-order valence-corrected chi connectivity index (χ4v) is 20.6. The molecule has 8 heteroatoms. The van der Waals surface area contributed by atoms with Gasteiger partial charge in [0.2, 0.25) is 0 Å². The van der Waals surface area contributed by atoms with E-state index in [2.05, 4.69) is 352 Å². The molecule has 0 saturated heterocycles. The van der Waals surface area contributed by atoms with Gasteiger partial charge in [-0.1, -0.05) is 261 Å². The van der Waals surface area contributed by atoms with Gasteiger partial charge in [0.15, 0.2) is 11.6 Å². The van der Waals surface area contributed by atoms with E-state index in [-0.39, 0.29) is 0 Å². The van der Waals surface area contributed by atoms with Crippen molar-refractivity contribution in [3.8, 4) is 135 Å². The molecular formula is C102H60N4S4. The molecule has 0 fully saturated rings. The molecule has 110 heavy (non-hydrogen) atoms. The minimum absolute atomic E-state index is 0.685. The Morgan fingerprint density at radius 2 is 0.473 bits per heavy atom. The van der Waals surface area contributed by atoms with Gasteiger partial charge in [0, 0.05) is 114 Å². The molecule has 22 aromatic rings. The van der Waals surface area contributed by atoms with Crippen molar-refractivity contribution in [3.63, 3.8) is 0 Å². The third-order valence-corrected chi connectivity index (χ3v) is 26.3. The molecule has 0 radical (unpaired) electrons. The van der Waals surface area contributed by atoms with Crippen molar-refractivity contribution >= 4 is 137 Å². The molecule has 6 aromatic heterocycles. The molecule has 0 amide bonds. The van der Waals surface area contributed by atoms with Crippen LogP contribution < -0.4 is 0 Å². The topological polar surface area (TPSA) is 51.6 Å². The summed E-state index contributed by atoms with van der Waals surface area (Å²) in [5.41, 5.74) is 23.4. The lowest BCUT2D eigenvalue weighted by Gasteiger charge is -2.15. The van der Waals surface area contributed by atoms with Crippen LogP contribution in [0, 0.1) is 0 Å². The zero-order valence-electron chi connectivity index (χ0n) is 59.1. The molecule has 4 nitrogen and oxygen atoms in total. The SMILES string of the molecule is c1ccc(-c2ccc(-c3cc(-c4ccc(-c5ccc6sc7cc(-c8ccc9c(c8)sc8ccc(-c%10ccc(-c%11ccc%12sc%13ccccc%13c%12c%11)cc%10-c%10cc(-c%11ccc%12ccccc%12c%11)nc(-c%11ccccc%11)n%10)cc89)ccc7c6c5)c(-c5ccc6sc7ccccc7c6c5)c4)nc(-c4ccccc4)n3)cc2)cc1. The Labute approximate surface area is 650 Å². The van der Waals surface area contributed by atoms with Crippen molar-refractivity contribution in [2.45, 2.75) is 0 Å². The minimum Gasteiger partial charge on any atom is -0.228 e. The van der Waals surface area contributed by atoms with Crippen LogP contribution in [0.4, 0.5) is 0 Å². The van der Waals surface area contributed by atoms with Crippen LogP contribution in [0.2, 0.25) is 0 Å². The van der Waals surface area contributed by atoms with E-state index in [0.717, 1.165) is 106 Å². The summed E-state index contributed by atoms with van der Waals surface area (Å²) in [7, 11) is 0. The van der Waals surface area contributed by atoms with Gasteiger partial charge in [-0.3, -0.25) is 0 Å². The minimum atomic E-state index is 0.685. The molecule has 0 aliphatic heterocycles. The second-order valence-electron chi connectivity index (χ2n) is 28.3. The second-order valence-corrected chi connectivity index (χ2v) is 32.7. The van der Waals surface area contributed by atoms with Crippen LogP contribution in [0.25, 0.3) is 226 Å². The fourth-order valence-electron chi connectivity index (χ4n) is 16.2. The summed E-state index contributed by atoms with van der Waals surface area (Å²) in [6, 6.07) is 133. The maximum Gasteiger partial charge on any atom is 0.160 e. The zero-order valence-corrected chi connectivity index (χ0v) is 62.3. The molecule has 0 bridgehead atoms. The summed E-state index contributed by atoms with van der Waals surface area (Å²) in [6.45, 7) is 0. The summed E-state index contributed by atoms with van der Waals surface area (Å²) < 4.78 is 10.2. The van der Waals surface area contributed by atoms with E-state index in [1.54, 1.807) is 0 Å². The van der Waals surface area contributed by atoms with E-state index in [1.165, 1.54) is 108 Å². The molecule has 0 saturated carbocycles. The predicted octanol–water partition coefficient (Wildman–Crippen LogP) is 29.9. The van der Waals surface area contributed by atoms with Gasteiger partial charge in [-0.05, 0) is 181 Å². The summed E-state index contributed by atoms with van der Waals surface area (Å²) in [5, 5.41) is 12.4. The maximum absolute atomic E-state index is 5.51. The number of thiophene rings is 4. The van der Waals surface area contributed by atoms with Gasteiger partial charge < -0.3 is 0 Å². The first kappa shape index (κ1) is 64.0. The van der Waals surface area contributed by atoms with E-state index >= 15 is 0 Å². The van der Waals surface area contributed by atoms with Gasteiger partial charge >= 0.3 is 0 Å². The van der Waals surface area contributed by atoms with Gasteiger partial charge in [0.05, 0.1) is 22.8 Å². The Kier molecular flexibility index (Phi) is 15.3. The Hall–Kier alpha value is -13.2. The van der Waals surface area contributed by atoms with Gasteiger partial charge in [-0.25, -0.2) is 19.9 Å². The average molecular weight is 1470 g/mol. The van der Waals surface area contributed by atoms with Crippen LogP contribution in [0.5, 0.6) is 0 Å². The third kappa shape index (κ3) is 11.4. The molecule has 0 aliphatic carbocycles. The quantitative estimate of drug-likeness (QED) is 0.122. The van der Waals surface area contributed by atoms with Gasteiger partial charge in [0.25, 0.3) is 0 Å². The zero-order chi connectivity index (χ0) is 72.3. The summed E-state index contributed by atoms with van der Waals surface area (Å²) in [4.78, 5) is 21.4. The molecule has 0 spiro atoms. The van der Waals surface area contributed by atoms with Crippen LogP contribution in [0.1, 0.15) is 0 Å². The van der Waals surface area contributed by atoms with Crippen molar-refractivity contribution in [1.29, 1.82) is 0 Å². The van der Waals surface area contributed by atoms with Crippen LogP contribution in [0.15, 0.2) is 364 Å². The Balaban J connectivity index is 0.628. The van der Waals surface area contributed by atoms with Crippen LogP contribution in [-0.4, -0.2) is 19.9 Å². The Bertz CT molecular complexity index is 7460. The molecule has 0 unspecified atom stereocenters. The Morgan fingerprint density at radius 1 is 0.145 bits per heavy atom. The highest BCUT2D eigenvalue weighted by molar-refractivity contribution is 7.27. The molecule has 0 aliphatic rings. The first-order valence-electron chi connectivity index (χ1n) is 37.0. The number of rotatable bonds is 12. The van der Waals surface area contributed by atoms with Crippen LogP contribution in [0.3, 0.4) is 0 Å². The van der Waals surface area contributed by atoms with E-state index in [4.69, 9.17) is 19.9 Å².